The summed E-state index contributed by atoms with van der Waals surface area (Å²) in [5.41, 5.74) is 2.05. The van der Waals surface area contributed by atoms with E-state index in [1.54, 1.807) is 36.9 Å². The number of sulfone groups is 1. The fraction of sp³-hybridized carbons (Fsp3) is 0.190. The predicted molar refractivity (Wildman–Crippen MR) is 116 cm³/mol. The quantitative estimate of drug-likeness (QED) is 0.546. The first kappa shape index (κ1) is 21.0. The fourth-order valence-electron chi connectivity index (χ4n) is 2.51. The van der Waals surface area contributed by atoms with E-state index in [-0.39, 0.29) is 16.7 Å². The van der Waals surface area contributed by atoms with E-state index in [4.69, 9.17) is 0 Å². The largest absolute Gasteiger partial charge is 0.326 e. The standard InChI is InChI=1S/C21H21N3O3S2/c1-2-29(26,27)21-13-12-19(23-24-21)16-8-10-17(11-9-16)22-20(25)14-15-28-18-6-4-3-5-7-18/h3-13H,2,14-15H2,1H3,(H,22,25). The van der Waals surface area contributed by atoms with Gasteiger partial charge in [-0.15, -0.1) is 22.0 Å². The highest BCUT2D eigenvalue weighted by atomic mass is 32.2. The molecule has 0 spiro atoms. The lowest BCUT2D eigenvalue weighted by atomic mass is 10.1. The summed E-state index contributed by atoms with van der Waals surface area (Å²) in [6.07, 6.45) is 0.417. The van der Waals surface area contributed by atoms with Crippen molar-refractivity contribution in [3.63, 3.8) is 0 Å². The first-order valence-corrected chi connectivity index (χ1v) is 11.8. The van der Waals surface area contributed by atoms with Gasteiger partial charge in [0, 0.05) is 28.3 Å². The minimum absolute atomic E-state index is 0.0146. The van der Waals surface area contributed by atoms with Crippen LogP contribution in [0.4, 0.5) is 5.69 Å². The fourth-order valence-corrected chi connectivity index (χ4v) is 4.12. The second-order valence-electron chi connectivity index (χ2n) is 6.20. The molecule has 29 heavy (non-hydrogen) atoms. The lowest BCUT2D eigenvalue weighted by Gasteiger charge is -2.07. The van der Waals surface area contributed by atoms with Crippen molar-refractivity contribution in [3.05, 3.63) is 66.7 Å². The molecule has 0 radical (unpaired) electrons. The Kier molecular flexibility index (Phi) is 7.00. The van der Waals surface area contributed by atoms with Crippen molar-refractivity contribution in [3.8, 4) is 11.3 Å². The van der Waals surface area contributed by atoms with Crippen LogP contribution in [0, 0.1) is 0 Å². The summed E-state index contributed by atoms with van der Waals surface area (Å²) in [6.45, 7) is 1.57. The van der Waals surface area contributed by atoms with Gasteiger partial charge in [-0.05, 0) is 36.4 Å². The highest BCUT2D eigenvalue weighted by Gasteiger charge is 2.14. The first-order chi connectivity index (χ1) is 14.0. The Morgan fingerprint density at radius 2 is 1.69 bits per heavy atom. The number of nitrogens with zero attached hydrogens (tertiary/aromatic N) is 2. The minimum Gasteiger partial charge on any atom is -0.326 e. The van der Waals surface area contributed by atoms with Gasteiger partial charge in [0.2, 0.25) is 5.91 Å². The number of benzene rings is 2. The maximum Gasteiger partial charge on any atom is 0.225 e. The third kappa shape index (κ3) is 5.88. The smallest absolute Gasteiger partial charge is 0.225 e. The van der Waals surface area contributed by atoms with Crippen LogP contribution >= 0.6 is 11.8 Å². The van der Waals surface area contributed by atoms with Crippen molar-refractivity contribution >= 4 is 33.2 Å². The van der Waals surface area contributed by atoms with E-state index in [9.17, 15) is 13.2 Å². The van der Waals surface area contributed by atoms with Gasteiger partial charge in [0.1, 0.15) is 0 Å². The summed E-state index contributed by atoms with van der Waals surface area (Å²) in [5.74, 6) is 0.644. The number of thioether (sulfide) groups is 1. The van der Waals surface area contributed by atoms with Crippen LogP contribution in [0.1, 0.15) is 13.3 Å². The second-order valence-corrected chi connectivity index (χ2v) is 9.59. The predicted octanol–water partition coefficient (Wildman–Crippen LogP) is 4.06. The van der Waals surface area contributed by atoms with Gasteiger partial charge < -0.3 is 5.32 Å². The summed E-state index contributed by atoms with van der Waals surface area (Å²) in [7, 11) is -3.37. The number of anilines is 1. The molecule has 0 saturated carbocycles. The monoisotopic (exact) mass is 427 g/mol. The average molecular weight is 428 g/mol. The zero-order valence-corrected chi connectivity index (χ0v) is 17.5. The van der Waals surface area contributed by atoms with Crippen molar-refractivity contribution in [1.82, 2.24) is 10.2 Å². The van der Waals surface area contributed by atoms with Gasteiger partial charge in [-0.3, -0.25) is 4.79 Å². The molecule has 150 valence electrons. The number of rotatable bonds is 8. The van der Waals surface area contributed by atoms with Gasteiger partial charge in [0.25, 0.3) is 0 Å². The summed E-state index contributed by atoms with van der Waals surface area (Å²) >= 11 is 1.64. The summed E-state index contributed by atoms with van der Waals surface area (Å²) in [6, 6.07) is 20.3. The van der Waals surface area contributed by atoms with E-state index < -0.39 is 9.84 Å². The summed E-state index contributed by atoms with van der Waals surface area (Å²) in [4.78, 5) is 13.3. The second kappa shape index (κ2) is 9.67. The molecule has 1 N–H and O–H groups in total. The molecule has 0 fully saturated rings. The average Bonchev–Trinajstić information content (AvgIpc) is 2.75. The molecule has 0 saturated heterocycles. The Bertz CT molecular complexity index is 1050. The molecule has 3 rings (SSSR count). The number of aromatic nitrogens is 2. The molecule has 0 unspecified atom stereocenters. The molecular formula is C21H21N3O3S2. The van der Waals surface area contributed by atoms with Crippen molar-refractivity contribution in [2.75, 3.05) is 16.8 Å². The zero-order chi connectivity index (χ0) is 20.7. The van der Waals surface area contributed by atoms with Gasteiger partial charge in [-0.2, -0.15) is 0 Å². The molecule has 1 amide bonds. The van der Waals surface area contributed by atoms with Crippen LogP contribution in [0.15, 0.2) is 76.7 Å². The molecule has 0 bridgehead atoms. The zero-order valence-electron chi connectivity index (χ0n) is 15.9. The van der Waals surface area contributed by atoms with Gasteiger partial charge >= 0.3 is 0 Å². The van der Waals surface area contributed by atoms with Crippen LogP contribution < -0.4 is 5.32 Å². The lowest BCUT2D eigenvalue weighted by molar-refractivity contribution is -0.115. The van der Waals surface area contributed by atoms with Crippen LogP contribution in [0.5, 0.6) is 0 Å². The minimum atomic E-state index is -3.37. The number of hydrogen-bond donors (Lipinski definition) is 1. The van der Waals surface area contributed by atoms with Crippen molar-refractivity contribution < 1.29 is 13.2 Å². The Morgan fingerprint density at radius 1 is 0.966 bits per heavy atom. The van der Waals surface area contributed by atoms with Gasteiger partial charge in [0.15, 0.2) is 14.9 Å². The molecule has 1 aromatic heterocycles. The molecule has 8 heteroatoms. The topological polar surface area (TPSA) is 89.0 Å². The molecule has 6 nitrogen and oxygen atoms in total. The van der Waals surface area contributed by atoms with Crippen molar-refractivity contribution in [2.24, 2.45) is 0 Å². The van der Waals surface area contributed by atoms with E-state index >= 15 is 0 Å². The van der Waals surface area contributed by atoms with Crippen LogP contribution in [-0.4, -0.2) is 36.0 Å². The van der Waals surface area contributed by atoms with E-state index in [2.05, 4.69) is 15.5 Å². The molecule has 0 aliphatic rings. The van der Waals surface area contributed by atoms with Crippen LogP contribution in [0.3, 0.4) is 0 Å². The third-order valence-corrected chi connectivity index (χ3v) is 6.77. The molecule has 1 heterocycles. The first-order valence-electron chi connectivity index (χ1n) is 9.12. The molecule has 2 aromatic carbocycles. The molecule has 0 atom stereocenters. The Balaban J connectivity index is 1.55. The van der Waals surface area contributed by atoms with E-state index in [0.717, 1.165) is 10.5 Å². The normalized spacial score (nSPS) is 11.2. The van der Waals surface area contributed by atoms with Gasteiger partial charge in [0.05, 0.1) is 11.4 Å². The molecule has 3 aromatic rings. The molecule has 0 aliphatic carbocycles. The number of carbonyl (C=O) groups is 1. The number of amides is 1. The van der Waals surface area contributed by atoms with Gasteiger partial charge in [-0.25, -0.2) is 8.42 Å². The van der Waals surface area contributed by atoms with Crippen LogP contribution in [-0.2, 0) is 14.6 Å². The van der Waals surface area contributed by atoms with Crippen molar-refractivity contribution in [1.29, 1.82) is 0 Å². The maximum atomic E-state index is 12.1. The lowest BCUT2D eigenvalue weighted by Crippen LogP contribution is -2.12. The Hall–Kier alpha value is -2.71. The van der Waals surface area contributed by atoms with Gasteiger partial charge in [-0.1, -0.05) is 37.3 Å². The van der Waals surface area contributed by atoms with Crippen LogP contribution in [0.2, 0.25) is 0 Å². The number of hydrogen-bond acceptors (Lipinski definition) is 6. The summed E-state index contributed by atoms with van der Waals surface area (Å²) < 4.78 is 23.6. The number of nitrogens with one attached hydrogen (secondary N) is 1. The Labute approximate surface area is 174 Å². The Morgan fingerprint density at radius 3 is 2.31 bits per heavy atom. The number of carbonyl (C=O) groups excluding carboxylic acids is 1. The van der Waals surface area contributed by atoms with E-state index in [1.165, 1.54) is 6.07 Å². The van der Waals surface area contributed by atoms with E-state index in [1.807, 2.05) is 42.5 Å². The van der Waals surface area contributed by atoms with Crippen molar-refractivity contribution in [2.45, 2.75) is 23.3 Å². The van der Waals surface area contributed by atoms with E-state index in [0.29, 0.717) is 23.6 Å². The third-order valence-electron chi connectivity index (χ3n) is 4.14. The maximum absolute atomic E-state index is 12.1. The highest BCUT2D eigenvalue weighted by Crippen LogP contribution is 2.21. The van der Waals surface area contributed by atoms with Crippen LogP contribution in [0.25, 0.3) is 11.3 Å². The summed E-state index contributed by atoms with van der Waals surface area (Å²) in [5, 5.41) is 10.7. The molecular weight excluding hydrogens is 406 g/mol. The highest BCUT2D eigenvalue weighted by molar-refractivity contribution is 7.99. The molecule has 0 aliphatic heterocycles. The SMILES string of the molecule is CCS(=O)(=O)c1ccc(-c2ccc(NC(=O)CCSc3ccccc3)cc2)nn1.